The summed E-state index contributed by atoms with van der Waals surface area (Å²) < 4.78 is 15.4. The van der Waals surface area contributed by atoms with Crippen molar-refractivity contribution in [2.24, 2.45) is 0 Å². The van der Waals surface area contributed by atoms with E-state index in [1.165, 1.54) is 29.2 Å². The van der Waals surface area contributed by atoms with Crippen molar-refractivity contribution >= 4 is 17.4 Å². The molecule has 0 unspecified atom stereocenters. The van der Waals surface area contributed by atoms with Gasteiger partial charge in [-0.05, 0) is 31.0 Å². The molecule has 2 aromatic carbocycles. The number of nitrogens with zero attached hydrogens (tertiary/aromatic N) is 3. The molecule has 1 atom stereocenters. The Balaban J connectivity index is 1.72. The minimum Gasteiger partial charge on any atom is -0.507 e. The number of ketones is 1. The zero-order chi connectivity index (χ0) is 22.0. The van der Waals surface area contributed by atoms with Crippen molar-refractivity contribution in [1.29, 1.82) is 0 Å². The number of carbonyl (C=O) groups is 2. The Bertz CT molecular complexity index is 1120. The number of amides is 1. The van der Waals surface area contributed by atoms with E-state index in [1.54, 1.807) is 24.7 Å². The van der Waals surface area contributed by atoms with Crippen LogP contribution in [0.1, 0.15) is 29.2 Å². The van der Waals surface area contributed by atoms with E-state index in [4.69, 9.17) is 0 Å². The van der Waals surface area contributed by atoms with Crippen LogP contribution >= 0.6 is 0 Å². The lowest BCUT2D eigenvalue weighted by atomic mass is 9.95. The first kappa shape index (κ1) is 20.5. The molecule has 6 nitrogen and oxygen atoms in total. The summed E-state index contributed by atoms with van der Waals surface area (Å²) in [5.74, 6) is -2.06. The zero-order valence-electron chi connectivity index (χ0n) is 17.0. The smallest absolute Gasteiger partial charge is 0.295 e. The van der Waals surface area contributed by atoms with Gasteiger partial charge < -0.3 is 14.6 Å². The molecule has 1 saturated heterocycles. The second-order valence-corrected chi connectivity index (χ2v) is 7.56. The van der Waals surface area contributed by atoms with E-state index in [0.717, 1.165) is 5.56 Å². The molecule has 4 rings (SSSR count). The van der Waals surface area contributed by atoms with Crippen LogP contribution in [0.25, 0.3) is 5.76 Å². The van der Waals surface area contributed by atoms with Crippen molar-refractivity contribution < 1.29 is 19.1 Å². The molecule has 2 heterocycles. The van der Waals surface area contributed by atoms with Crippen LogP contribution in [0.3, 0.4) is 0 Å². The molecule has 1 N–H and O–H groups in total. The highest BCUT2D eigenvalue weighted by Crippen LogP contribution is 2.39. The van der Waals surface area contributed by atoms with Crippen LogP contribution < -0.4 is 0 Å². The van der Waals surface area contributed by atoms with Crippen LogP contribution in [-0.4, -0.2) is 37.8 Å². The Morgan fingerprint density at radius 2 is 1.77 bits per heavy atom. The Labute approximate surface area is 179 Å². The number of hydrogen-bond donors (Lipinski definition) is 1. The molecule has 0 spiro atoms. The van der Waals surface area contributed by atoms with E-state index in [-0.39, 0.29) is 11.3 Å². The molecule has 3 aromatic rings. The standard InChI is InChI=1S/C24H22FN3O3/c1-16-3-5-18(6-4-16)22(29)20-21(17-7-9-19(25)10-8-17)28(24(31)23(20)30)13-2-12-27-14-11-26-15-27/h3-11,14-15,21,29H,2,12-13H2,1H3/b22-20+/t21-/m0/s1. The Hall–Kier alpha value is -3.74. The Morgan fingerprint density at radius 3 is 2.42 bits per heavy atom. The number of carbonyl (C=O) groups excluding carboxylic acids is 2. The molecule has 158 valence electrons. The fourth-order valence-electron chi connectivity index (χ4n) is 3.81. The summed E-state index contributed by atoms with van der Waals surface area (Å²) in [6, 6.07) is 11.9. The maximum absolute atomic E-state index is 13.5. The van der Waals surface area contributed by atoms with Crippen LogP contribution in [0.15, 0.2) is 72.8 Å². The van der Waals surface area contributed by atoms with Gasteiger partial charge in [0.25, 0.3) is 11.7 Å². The predicted molar refractivity (Wildman–Crippen MR) is 113 cm³/mol. The monoisotopic (exact) mass is 419 g/mol. The second kappa shape index (κ2) is 8.55. The lowest BCUT2D eigenvalue weighted by Crippen LogP contribution is -2.31. The first-order chi connectivity index (χ1) is 15.0. The fourth-order valence-corrected chi connectivity index (χ4v) is 3.81. The number of aromatic nitrogens is 2. The van der Waals surface area contributed by atoms with Crippen molar-refractivity contribution in [3.63, 3.8) is 0 Å². The molecule has 1 fully saturated rings. The van der Waals surface area contributed by atoms with E-state index in [0.29, 0.717) is 30.6 Å². The molecule has 0 radical (unpaired) electrons. The van der Waals surface area contributed by atoms with Gasteiger partial charge in [-0.3, -0.25) is 9.59 Å². The number of Topliss-reactive ketones (excluding diaryl/α,β-unsaturated/α-hetero) is 1. The molecule has 31 heavy (non-hydrogen) atoms. The van der Waals surface area contributed by atoms with E-state index in [2.05, 4.69) is 4.98 Å². The van der Waals surface area contributed by atoms with E-state index in [1.807, 2.05) is 29.8 Å². The van der Waals surface area contributed by atoms with Gasteiger partial charge >= 0.3 is 0 Å². The van der Waals surface area contributed by atoms with Crippen molar-refractivity contribution in [2.45, 2.75) is 25.9 Å². The Kier molecular flexibility index (Phi) is 5.66. The average molecular weight is 419 g/mol. The minimum absolute atomic E-state index is 0.0168. The third kappa shape index (κ3) is 4.12. The van der Waals surface area contributed by atoms with E-state index >= 15 is 0 Å². The van der Waals surface area contributed by atoms with Crippen molar-refractivity contribution in [3.05, 3.63) is 95.3 Å². The van der Waals surface area contributed by atoms with Crippen molar-refractivity contribution in [3.8, 4) is 0 Å². The number of benzene rings is 2. The quantitative estimate of drug-likeness (QED) is 0.374. The van der Waals surface area contributed by atoms with Gasteiger partial charge in [0.2, 0.25) is 0 Å². The average Bonchev–Trinajstić information content (AvgIpc) is 3.37. The van der Waals surface area contributed by atoms with Gasteiger partial charge in [0, 0.05) is 31.0 Å². The largest absolute Gasteiger partial charge is 0.507 e. The number of aliphatic hydroxyl groups excluding tert-OH is 1. The van der Waals surface area contributed by atoms with Gasteiger partial charge in [-0.2, -0.15) is 0 Å². The molecule has 1 aliphatic rings. The molecule has 0 bridgehead atoms. The summed E-state index contributed by atoms with van der Waals surface area (Å²) in [5.41, 5.74) is 2.04. The molecule has 1 amide bonds. The maximum atomic E-state index is 13.5. The topological polar surface area (TPSA) is 75.4 Å². The van der Waals surface area contributed by atoms with Crippen LogP contribution in [0.2, 0.25) is 0 Å². The summed E-state index contributed by atoms with van der Waals surface area (Å²) in [5, 5.41) is 11.0. The summed E-state index contributed by atoms with van der Waals surface area (Å²) in [6.45, 7) is 2.84. The number of aryl methyl sites for hydroxylation is 2. The van der Waals surface area contributed by atoms with E-state index in [9.17, 15) is 19.1 Å². The van der Waals surface area contributed by atoms with Gasteiger partial charge in [-0.25, -0.2) is 9.37 Å². The number of likely N-dealkylation sites (tertiary alicyclic amines) is 1. The molecule has 7 heteroatoms. The first-order valence-electron chi connectivity index (χ1n) is 10.0. The lowest BCUT2D eigenvalue weighted by molar-refractivity contribution is -0.139. The minimum atomic E-state index is -0.787. The summed E-state index contributed by atoms with van der Waals surface area (Å²) in [6.07, 6.45) is 5.77. The number of halogens is 1. The van der Waals surface area contributed by atoms with Crippen LogP contribution in [0.4, 0.5) is 4.39 Å². The summed E-state index contributed by atoms with van der Waals surface area (Å²) in [7, 11) is 0. The van der Waals surface area contributed by atoms with Gasteiger partial charge in [0.15, 0.2) is 0 Å². The summed E-state index contributed by atoms with van der Waals surface area (Å²) >= 11 is 0. The fraction of sp³-hybridized carbons (Fsp3) is 0.208. The Morgan fingerprint density at radius 1 is 1.06 bits per heavy atom. The van der Waals surface area contributed by atoms with Gasteiger partial charge in [-0.15, -0.1) is 0 Å². The zero-order valence-corrected chi connectivity index (χ0v) is 17.0. The third-order valence-corrected chi connectivity index (χ3v) is 5.43. The number of aliphatic hydroxyl groups is 1. The molecule has 0 saturated carbocycles. The third-order valence-electron chi connectivity index (χ3n) is 5.43. The molecule has 1 aromatic heterocycles. The maximum Gasteiger partial charge on any atom is 0.295 e. The van der Waals surface area contributed by atoms with Gasteiger partial charge in [0.1, 0.15) is 11.6 Å². The normalized spacial score (nSPS) is 18.0. The number of rotatable bonds is 6. The number of hydrogen-bond acceptors (Lipinski definition) is 4. The second-order valence-electron chi connectivity index (χ2n) is 7.56. The van der Waals surface area contributed by atoms with Gasteiger partial charge in [0.05, 0.1) is 17.9 Å². The summed E-state index contributed by atoms with van der Waals surface area (Å²) in [4.78, 5) is 31.3. The van der Waals surface area contributed by atoms with Crippen molar-refractivity contribution in [2.75, 3.05) is 6.54 Å². The van der Waals surface area contributed by atoms with Gasteiger partial charge in [-0.1, -0.05) is 42.0 Å². The molecular formula is C24H22FN3O3. The lowest BCUT2D eigenvalue weighted by Gasteiger charge is -2.25. The molecule has 1 aliphatic heterocycles. The van der Waals surface area contributed by atoms with Crippen molar-refractivity contribution in [1.82, 2.24) is 14.5 Å². The highest BCUT2D eigenvalue weighted by Gasteiger charge is 2.45. The number of imidazole rings is 1. The molecular weight excluding hydrogens is 397 g/mol. The van der Waals surface area contributed by atoms with Crippen LogP contribution in [0.5, 0.6) is 0 Å². The highest BCUT2D eigenvalue weighted by atomic mass is 19.1. The molecule has 0 aliphatic carbocycles. The predicted octanol–water partition coefficient (Wildman–Crippen LogP) is 3.84. The first-order valence-corrected chi connectivity index (χ1v) is 10.0. The highest BCUT2D eigenvalue weighted by molar-refractivity contribution is 6.46. The SMILES string of the molecule is Cc1ccc(/C(O)=C2\C(=O)C(=O)N(CCCn3ccnc3)[C@H]2c2ccc(F)cc2)cc1. The van der Waals surface area contributed by atoms with Crippen LogP contribution in [0, 0.1) is 12.7 Å². The van der Waals surface area contributed by atoms with E-state index < -0.39 is 23.5 Å². The van der Waals surface area contributed by atoms with Crippen LogP contribution in [-0.2, 0) is 16.1 Å².